The molecule has 0 aliphatic heterocycles. The predicted octanol–water partition coefficient (Wildman–Crippen LogP) is 4.17. The molecule has 0 radical (unpaired) electrons. The van der Waals surface area contributed by atoms with Gasteiger partial charge in [0.05, 0.1) is 0 Å². The van der Waals surface area contributed by atoms with E-state index in [4.69, 9.17) is 0 Å². The van der Waals surface area contributed by atoms with Gasteiger partial charge in [-0.1, -0.05) is 55.4 Å². The van der Waals surface area contributed by atoms with Crippen LogP contribution in [0.3, 0.4) is 0 Å². The third-order valence-electron chi connectivity index (χ3n) is 0.283. The van der Waals surface area contributed by atoms with Crippen LogP contribution in [-0.2, 0) is 0 Å². The Hall–Kier alpha value is -0.860. The molecule has 0 aliphatic carbocycles. The second-order valence-corrected chi connectivity index (χ2v) is 6.58. The first-order chi connectivity index (χ1) is 6.50. The van der Waals surface area contributed by atoms with E-state index >= 15 is 0 Å². The van der Waals surface area contributed by atoms with Crippen molar-refractivity contribution in [3.8, 4) is 0 Å². The van der Waals surface area contributed by atoms with Gasteiger partial charge >= 0.3 is 0 Å². The Morgan fingerprint density at radius 3 is 0.933 bits per heavy atom. The minimum atomic E-state index is 0.500. The van der Waals surface area contributed by atoms with Gasteiger partial charge in [0.25, 0.3) is 0 Å². The van der Waals surface area contributed by atoms with Crippen molar-refractivity contribution < 1.29 is 4.42 Å². The average Bonchev–Trinajstić information content (AvgIpc) is 2.28. The zero-order valence-electron chi connectivity index (χ0n) is 11.5. The molecule has 0 atom stereocenters. The maximum atomic E-state index is 4.36. The van der Waals surface area contributed by atoms with E-state index in [1.54, 1.807) is 0 Å². The fourth-order valence-electron chi connectivity index (χ4n) is 0.136. The first kappa shape index (κ1) is 16.6. The molecule has 0 spiro atoms. The zero-order chi connectivity index (χ0) is 12.5. The quantitative estimate of drug-likeness (QED) is 0.650. The summed E-state index contributed by atoms with van der Waals surface area (Å²) in [5, 5.41) is 6.61. The molecule has 0 saturated carbocycles. The van der Waals surface area contributed by atoms with Crippen LogP contribution in [0.5, 0.6) is 0 Å². The molecular weight excluding hydrogens is 188 g/mol. The summed E-state index contributed by atoms with van der Waals surface area (Å²) in [6, 6.07) is 0. The fourth-order valence-corrected chi connectivity index (χ4v) is 0.136. The van der Waals surface area contributed by atoms with Crippen LogP contribution >= 0.6 is 0 Å². The molecule has 0 fully saturated rings. The lowest BCUT2D eigenvalue weighted by Crippen LogP contribution is -1.93. The number of rotatable bonds is 0. The van der Waals surface area contributed by atoms with Crippen LogP contribution in [0, 0.1) is 10.8 Å². The molecule has 3 nitrogen and oxygen atoms in total. The molecule has 0 unspecified atom stereocenters. The molecule has 1 aromatic heterocycles. The monoisotopic (exact) mass is 214 g/mol. The summed E-state index contributed by atoms with van der Waals surface area (Å²) < 4.78 is 4.36. The van der Waals surface area contributed by atoms with Gasteiger partial charge in [-0.2, -0.15) is 0 Å². The van der Waals surface area contributed by atoms with Gasteiger partial charge < -0.3 is 4.42 Å². The Labute approximate surface area is 94.3 Å². The summed E-state index contributed by atoms with van der Waals surface area (Å²) in [6.45, 7) is 17.5. The smallest absolute Gasteiger partial charge is 0.203 e. The van der Waals surface area contributed by atoms with Crippen LogP contribution in [-0.4, -0.2) is 10.2 Å². The van der Waals surface area contributed by atoms with E-state index in [2.05, 4.69) is 70.0 Å². The van der Waals surface area contributed by atoms with Gasteiger partial charge in [0, 0.05) is 0 Å². The van der Waals surface area contributed by atoms with E-state index in [0.717, 1.165) is 0 Å². The molecule has 3 heteroatoms. The van der Waals surface area contributed by atoms with Gasteiger partial charge in [0.15, 0.2) is 0 Å². The van der Waals surface area contributed by atoms with E-state index in [1.165, 1.54) is 12.8 Å². The minimum Gasteiger partial charge on any atom is -0.431 e. The van der Waals surface area contributed by atoms with Crippen LogP contribution < -0.4 is 0 Å². The van der Waals surface area contributed by atoms with Gasteiger partial charge in [-0.05, 0) is 10.8 Å². The maximum Gasteiger partial charge on any atom is 0.203 e. The largest absolute Gasteiger partial charge is 0.431 e. The lowest BCUT2D eigenvalue weighted by atomic mass is 10.0. The molecule has 0 N–H and O–H groups in total. The lowest BCUT2D eigenvalue weighted by molar-refractivity contribution is 0.469. The molecule has 90 valence electrons. The molecule has 15 heavy (non-hydrogen) atoms. The molecule has 0 aliphatic rings. The second kappa shape index (κ2) is 7.43. The van der Waals surface area contributed by atoms with Crippen molar-refractivity contribution in [2.75, 3.05) is 0 Å². The first-order valence-electron chi connectivity index (χ1n) is 5.19. The van der Waals surface area contributed by atoms with Crippen molar-refractivity contribution >= 4 is 0 Å². The normalized spacial score (nSPS) is 10.7. The summed E-state index contributed by atoms with van der Waals surface area (Å²) in [5.74, 6) is 0. The van der Waals surface area contributed by atoms with Crippen LogP contribution in [0.2, 0.25) is 0 Å². The third kappa shape index (κ3) is 95.1. The number of nitrogens with zero attached hydrogens (tertiary/aromatic N) is 2. The van der Waals surface area contributed by atoms with Crippen LogP contribution in [0.25, 0.3) is 0 Å². The van der Waals surface area contributed by atoms with Gasteiger partial charge in [-0.3, -0.25) is 0 Å². The molecule has 0 bridgehead atoms. The lowest BCUT2D eigenvalue weighted by Gasteiger charge is -2.05. The SMILES string of the molecule is CC(C)(C)C.CC(C)(C)C.c1nnco1. The number of aromatic nitrogens is 2. The zero-order valence-corrected chi connectivity index (χ0v) is 11.5. The Kier molecular flexibility index (Phi) is 8.21. The van der Waals surface area contributed by atoms with E-state index in [9.17, 15) is 0 Å². The van der Waals surface area contributed by atoms with Gasteiger partial charge in [-0.15, -0.1) is 10.2 Å². The molecule has 0 aromatic carbocycles. The molecule has 0 saturated heterocycles. The molecule has 1 heterocycles. The van der Waals surface area contributed by atoms with Crippen LogP contribution in [0.4, 0.5) is 0 Å². The first-order valence-corrected chi connectivity index (χ1v) is 5.19. The number of hydrogen-bond acceptors (Lipinski definition) is 3. The van der Waals surface area contributed by atoms with Gasteiger partial charge in [0.2, 0.25) is 12.8 Å². The molecular formula is C12H26N2O. The maximum absolute atomic E-state index is 4.36. The highest BCUT2D eigenvalue weighted by Gasteiger charge is 1.96. The molecule has 1 aromatic rings. The van der Waals surface area contributed by atoms with Crippen molar-refractivity contribution in [3.63, 3.8) is 0 Å². The highest BCUT2D eigenvalue weighted by Crippen LogP contribution is 2.08. The standard InChI is InChI=1S/2C5H12.C2H2N2O/c2*1-5(2,3)4;1-3-4-2-5-1/h2*1-4H3;1-2H. The van der Waals surface area contributed by atoms with E-state index in [1.807, 2.05) is 0 Å². The average molecular weight is 214 g/mol. The van der Waals surface area contributed by atoms with Gasteiger partial charge in [-0.25, -0.2) is 0 Å². The summed E-state index contributed by atoms with van der Waals surface area (Å²) >= 11 is 0. The Bertz CT molecular complexity index is 163. The fraction of sp³-hybridized carbons (Fsp3) is 0.833. The van der Waals surface area contributed by atoms with Crippen molar-refractivity contribution in [1.82, 2.24) is 10.2 Å². The Balaban J connectivity index is 0. The van der Waals surface area contributed by atoms with Crippen LogP contribution in [0.15, 0.2) is 17.2 Å². The van der Waals surface area contributed by atoms with E-state index < -0.39 is 0 Å². The summed E-state index contributed by atoms with van der Waals surface area (Å²) in [7, 11) is 0. The second-order valence-electron chi connectivity index (χ2n) is 6.58. The number of hydrogen-bond donors (Lipinski definition) is 0. The predicted molar refractivity (Wildman–Crippen MR) is 64.6 cm³/mol. The minimum absolute atomic E-state index is 0.500. The summed E-state index contributed by atoms with van der Waals surface area (Å²) in [6.07, 6.45) is 2.53. The molecule has 0 amide bonds. The van der Waals surface area contributed by atoms with Crippen molar-refractivity contribution in [2.24, 2.45) is 10.8 Å². The van der Waals surface area contributed by atoms with Crippen molar-refractivity contribution in [1.29, 1.82) is 0 Å². The highest BCUT2D eigenvalue weighted by atomic mass is 16.3. The highest BCUT2D eigenvalue weighted by molar-refractivity contribution is 4.47. The van der Waals surface area contributed by atoms with Gasteiger partial charge in [0.1, 0.15) is 0 Å². The van der Waals surface area contributed by atoms with Crippen molar-refractivity contribution in [2.45, 2.75) is 55.4 Å². The van der Waals surface area contributed by atoms with E-state index in [0.29, 0.717) is 10.8 Å². The Morgan fingerprint density at radius 2 is 0.867 bits per heavy atom. The topological polar surface area (TPSA) is 38.9 Å². The third-order valence-corrected chi connectivity index (χ3v) is 0.283. The summed E-state index contributed by atoms with van der Waals surface area (Å²) in [5.41, 5.74) is 1.00. The molecule has 1 rings (SSSR count). The van der Waals surface area contributed by atoms with Crippen molar-refractivity contribution in [3.05, 3.63) is 12.8 Å². The summed E-state index contributed by atoms with van der Waals surface area (Å²) in [4.78, 5) is 0. The van der Waals surface area contributed by atoms with Crippen LogP contribution in [0.1, 0.15) is 55.4 Å². The van der Waals surface area contributed by atoms with E-state index in [-0.39, 0.29) is 0 Å². The Morgan fingerprint density at radius 1 is 0.667 bits per heavy atom.